The molecule has 3 aromatic rings. The van der Waals surface area contributed by atoms with Gasteiger partial charge >= 0.3 is 0 Å². The maximum atomic E-state index is 12.3. The molecule has 8 nitrogen and oxygen atoms in total. The van der Waals surface area contributed by atoms with E-state index in [1.807, 2.05) is 19.9 Å². The predicted molar refractivity (Wildman–Crippen MR) is 106 cm³/mol. The highest BCUT2D eigenvalue weighted by Gasteiger charge is 2.16. The second kappa shape index (κ2) is 8.15. The molecule has 3 rings (SSSR count). The number of sulfonamides is 1. The molecule has 0 aliphatic heterocycles. The van der Waals surface area contributed by atoms with Gasteiger partial charge in [0.2, 0.25) is 10.0 Å². The van der Waals surface area contributed by atoms with Crippen molar-refractivity contribution in [2.45, 2.75) is 18.7 Å². The number of halogens is 1. The molecule has 0 atom stereocenters. The topological polar surface area (TPSA) is 102 Å². The molecular weight excluding hydrogens is 432 g/mol. The Kier molecular flexibility index (Phi) is 5.88. The van der Waals surface area contributed by atoms with Crippen molar-refractivity contribution in [3.8, 4) is 5.82 Å². The molecular formula is C17H19BrN6O2S. The molecule has 0 aliphatic carbocycles. The number of hydrogen-bond donors (Lipinski definition) is 2. The second-order valence-corrected chi connectivity index (χ2v) is 8.46. The van der Waals surface area contributed by atoms with Gasteiger partial charge in [-0.2, -0.15) is 5.10 Å². The summed E-state index contributed by atoms with van der Waals surface area (Å²) < 4.78 is 29.4. The molecule has 0 saturated carbocycles. The van der Waals surface area contributed by atoms with Gasteiger partial charge < -0.3 is 5.32 Å². The Morgan fingerprint density at radius 1 is 1.07 bits per heavy atom. The van der Waals surface area contributed by atoms with Crippen LogP contribution in [0.4, 0.5) is 5.82 Å². The normalized spacial score (nSPS) is 11.5. The summed E-state index contributed by atoms with van der Waals surface area (Å²) in [4.78, 5) is 0.207. The maximum Gasteiger partial charge on any atom is 0.241 e. The van der Waals surface area contributed by atoms with Crippen molar-refractivity contribution >= 4 is 31.8 Å². The average molecular weight is 451 g/mol. The van der Waals surface area contributed by atoms with E-state index in [-0.39, 0.29) is 11.4 Å². The predicted octanol–water partition coefficient (Wildman–Crippen LogP) is 2.43. The van der Waals surface area contributed by atoms with Crippen LogP contribution in [0.3, 0.4) is 0 Å². The van der Waals surface area contributed by atoms with E-state index in [9.17, 15) is 8.42 Å². The summed E-state index contributed by atoms with van der Waals surface area (Å²) in [6, 6.07) is 12.2. The second-order valence-electron chi connectivity index (χ2n) is 5.87. The first-order valence-electron chi connectivity index (χ1n) is 8.22. The molecule has 142 valence electrons. The first kappa shape index (κ1) is 19.5. The highest BCUT2D eigenvalue weighted by atomic mass is 79.9. The van der Waals surface area contributed by atoms with Crippen LogP contribution in [0, 0.1) is 13.8 Å². The summed E-state index contributed by atoms with van der Waals surface area (Å²) in [5.41, 5.74) is 1.89. The van der Waals surface area contributed by atoms with Gasteiger partial charge in [0.25, 0.3) is 0 Å². The standard InChI is InChI=1S/C17H19BrN6O2S/c1-12-11-13(2)24(23-12)17-8-7-16(21-22-17)19-9-10-20-27(25,26)15-6-4-3-5-14(15)18/h3-8,11,20H,9-10H2,1-2H3,(H,19,21). The quantitative estimate of drug-likeness (QED) is 0.535. The van der Waals surface area contributed by atoms with E-state index in [0.717, 1.165) is 11.4 Å². The Balaban J connectivity index is 1.55. The van der Waals surface area contributed by atoms with Gasteiger partial charge in [0.1, 0.15) is 5.82 Å². The molecule has 1 aromatic carbocycles. The minimum Gasteiger partial charge on any atom is -0.367 e. The zero-order valence-electron chi connectivity index (χ0n) is 14.8. The molecule has 10 heteroatoms. The van der Waals surface area contributed by atoms with Gasteiger partial charge in [0.05, 0.1) is 10.6 Å². The molecule has 0 saturated heterocycles. The number of nitrogens with one attached hydrogen (secondary N) is 2. The minimum absolute atomic E-state index is 0.207. The third kappa shape index (κ3) is 4.71. The molecule has 0 unspecified atom stereocenters. The summed E-state index contributed by atoms with van der Waals surface area (Å²) in [5, 5.41) is 15.7. The summed E-state index contributed by atoms with van der Waals surface area (Å²) in [5.74, 6) is 1.18. The van der Waals surface area contributed by atoms with Gasteiger partial charge in [0, 0.05) is 23.3 Å². The van der Waals surface area contributed by atoms with E-state index >= 15 is 0 Å². The van der Waals surface area contributed by atoms with Crippen LogP contribution in [0.2, 0.25) is 0 Å². The zero-order chi connectivity index (χ0) is 19.4. The van der Waals surface area contributed by atoms with Crippen molar-refractivity contribution in [1.29, 1.82) is 0 Å². The fraction of sp³-hybridized carbons (Fsp3) is 0.235. The van der Waals surface area contributed by atoms with E-state index in [2.05, 4.69) is 41.3 Å². The largest absolute Gasteiger partial charge is 0.367 e. The van der Waals surface area contributed by atoms with Crippen molar-refractivity contribution in [1.82, 2.24) is 24.7 Å². The molecule has 2 aromatic heterocycles. The van der Waals surface area contributed by atoms with Gasteiger partial charge in [-0.3, -0.25) is 0 Å². The molecule has 0 fully saturated rings. The molecule has 0 radical (unpaired) electrons. The van der Waals surface area contributed by atoms with Crippen molar-refractivity contribution in [2.24, 2.45) is 0 Å². The lowest BCUT2D eigenvalue weighted by Crippen LogP contribution is -2.29. The Hall–Kier alpha value is -2.30. The van der Waals surface area contributed by atoms with Crippen LogP contribution in [0.5, 0.6) is 0 Å². The Morgan fingerprint density at radius 2 is 1.85 bits per heavy atom. The highest BCUT2D eigenvalue weighted by molar-refractivity contribution is 9.10. The van der Waals surface area contributed by atoms with Gasteiger partial charge in [-0.05, 0) is 60.1 Å². The lowest BCUT2D eigenvalue weighted by molar-refractivity contribution is 0.582. The van der Waals surface area contributed by atoms with E-state index in [4.69, 9.17) is 0 Å². The molecule has 0 aliphatic rings. The number of anilines is 1. The lowest BCUT2D eigenvalue weighted by Gasteiger charge is -2.09. The van der Waals surface area contributed by atoms with Crippen LogP contribution in [0.15, 0.2) is 51.8 Å². The number of rotatable bonds is 7. The fourth-order valence-electron chi connectivity index (χ4n) is 2.51. The summed E-state index contributed by atoms with van der Waals surface area (Å²) >= 11 is 3.25. The van der Waals surface area contributed by atoms with Crippen LogP contribution in [0.1, 0.15) is 11.4 Å². The molecule has 0 bridgehead atoms. The maximum absolute atomic E-state index is 12.3. The van der Waals surface area contributed by atoms with Gasteiger partial charge in [-0.15, -0.1) is 10.2 Å². The number of aromatic nitrogens is 4. The van der Waals surface area contributed by atoms with Crippen LogP contribution >= 0.6 is 15.9 Å². The smallest absolute Gasteiger partial charge is 0.241 e. The Labute approximate surface area is 166 Å². The summed E-state index contributed by atoms with van der Waals surface area (Å²) in [7, 11) is -3.58. The van der Waals surface area contributed by atoms with E-state index in [1.165, 1.54) is 0 Å². The fourth-order valence-corrected chi connectivity index (χ4v) is 4.54. The Morgan fingerprint density at radius 3 is 2.48 bits per heavy atom. The monoisotopic (exact) mass is 450 g/mol. The van der Waals surface area contributed by atoms with Crippen molar-refractivity contribution in [2.75, 3.05) is 18.4 Å². The van der Waals surface area contributed by atoms with Crippen LogP contribution < -0.4 is 10.0 Å². The van der Waals surface area contributed by atoms with Crippen molar-refractivity contribution in [3.63, 3.8) is 0 Å². The molecule has 0 amide bonds. The number of hydrogen-bond acceptors (Lipinski definition) is 6. The molecule has 2 N–H and O–H groups in total. The van der Waals surface area contributed by atoms with Gasteiger partial charge in [-0.25, -0.2) is 17.8 Å². The number of nitrogens with zero attached hydrogens (tertiary/aromatic N) is 4. The van der Waals surface area contributed by atoms with Crippen molar-refractivity contribution < 1.29 is 8.42 Å². The van der Waals surface area contributed by atoms with E-state index < -0.39 is 10.0 Å². The van der Waals surface area contributed by atoms with Gasteiger partial charge in [-0.1, -0.05) is 12.1 Å². The zero-order valence-corrected chi connectivity index (χ0v) is 17.2. The van der Waals surface area contributed by atoms with Crippen LogP contribution in [-0.2, 0) is 10.0 Å². The van der Waals surface area contributed by atoms with E-state index in [1.54, 1.807) is 41.1 Å². The van der Waals surface area contributed by atoms with Gasteiger partial charge in [0.15, 0.2) is 5.82 Å². The minimum atomic E-state index is -3.58. The SMILES string of the molecule is Cc1cc(C)n(-c2ccc(NCCNS(=O)(=O)c3ccccc3Br)nn2)n1. The average Bonchev–Trinajstić information content (AvgIpc) is 2.98. The summed E-state index contributed by atoms with van der Waals surface area (Å²) in [6.45, 7) is 4.45. The highest BCUT2D eigenvalue weighted by Crippen LogP contribution is 2.20. The number of aryl methyl sites for hydroxylation is 2. The number of benzene rings is 1. The molecule has 2 heterocycles. The van der Waals surface area contributed by atoms with Crippen LogP contribution in [0.25, 0.3) is 5.82 Å². The third-order valence-electron chi connectivity index (χ3n) is 3.73. The first-order chi connectivity index (χ1) is 12.9. The third-order valence-corrected chi connectivity index (χ3v) is 6.20. The Bertz CT molecular complexity index is 1030. The molecule has 27 heavy (non-hydrogen) atoms. The first-order valence-corrected chi connectivity index (χ1v) is 10.5. The van der Waals surface area contributed by atoms with E-state index in [0.29, 0.717) is 22.7 Å². The lowest BCUT2D eigenvalue weighted by atomic mass is 10.4. The van der Waals surface area contributed by atoms with Crippen molar-refractivity contribution in [3.05, 3.63) is 58.3 Å². The van der Waals surface area contributed by atoms with Crippen LogP contribution in [-0.4, -0.2) is 41.5 Å². The molecule has 0 spiro atoms. The summed E-state index contributed by atoms with van der Waals surface area (Å²) in [6.07, 6.45) is 0.